The highest BCUT2D eigenvalue weighted by molar-refractivity contribution is 5.39. The Hall–Kier alpha value is -1.95. The van der Waals surface area contributed by atoms with Gasteiger partial charge >= 0.3 is 0 Å². The van der Waals surface area contributed by atoms with E-state index in [1.54, 1.807) is 7.11 Å². The number of piperidine rings is 1. The Morgan fingerprint density at radius 1 is 1.33 bits per heavy atom. The topological polar surface area (TPSA) is 56.1 Å². The number of anilines is 1. The summed E-state index contributed by atoms with van der Waals surface area (Å²) in [6.07, 6.45) is 6.03. The number of methoxy groups -OCH3 is 1. The van der Waals surface area contributed by atoms with Crippen LogP contribution in [0.25, 0.3) is 0 Å². The van der Waals surface area contributed by atoms with Crippen molar-refractivity contribution >= 4 is 5.82 Å². The van der Waals surface area contributed by atoms with Crippen molar-refractivity contribution in [3.63, 3.8) is 0 Å². The van der Waals surface area contributed by atoms with Crippen LogP contribution in [0.2, 0.25) is 0 Å². The predicted molar refractivity (Wildman–Crippen MR) is 94.3 cm³/mol. The molecule has 0 aliphatic carbocycles. The summed E-state index contributed by atoms with van der Waals surface area (Å²) < 4.78 is 7.28. The molecular weight excluding hydrogens is 302 g/mol. The Morgan fingerprint density at radius 3 is 3.00 bits per heavy atom. The Morgan fingerprint density at radius 2 is 2.25 bits per heavy atom. The number of hydrogen-bond acceptors (Lipinski definition) is 5. The standard InChI is InChI=1S/C18H27N5O/c1-3-11-23-18(20-16(21-23)9-13-24-2)15-7-6-12-22(14-15)17-8-4-5-10-19-17/h4-5,8,10,15H,3,6-7,9,11-14H2,1-2H3. The van der Waals surface area contributed by atoms with Gasteiger partial charge in [-0.1, -0.05) is 13.0 Å². The molecule has 0 N–H and O–H groups in total. The molecule has 3 rings (SSSR count). The van der Waals surface area contributed by atoms with E-state index < -0.39 is 0 Å². The summed E-state index contributed by atoms with van der Waals surface area (Å²) in [7, 11) is 1.72. The zero-order valence-corrected chi connectivity index (χ0v) is 14.7. The molecule has 0 radical (unpaired) electrons. The quantitative estimate of drug-likeness (QED) is 0.781. The van der Waals surface area contributed by atoms with Gasteiger partial charge in [-0.3, -0.25) is 0 Å². The molecule has 1 fully saturated rings. The fourth-order valence-corrected chi connectivity index (χ4v) is 3.32. The van der Waals surface area contributed by atoms with Gasteiger partial charge in [0.15, 0.2) is 5.82 Å². The van der Waals surface area contributed by atoms with E-state index in [-0.39, 0.29) is 0 Å². The second-order valence-electron chi connectivity index (χ2n) is 6.33. The lowest BCUT2D eigenvalue weighted by Gasteiger charge is -2.33. The van der Waals surface area contributed by atoms with Crippen molar-refractivity contribution < 1.29 is 4.74 Å². The molecule has 1 aliphatic rings. The molecule has 0 aromatic carbocycles. The van der Waals surface area contributed by atoms with Crippen LogP contribution in [0, 0.1) is 0 Å². The summed E-state index contributed by atoms with van der Waals surface area (Å²) in [6.45, 7) is 5.80. The molecule has 0 saturated carbocycles. The van der Waals surface area contributed by atoms with Crippen LogP contribution < -0.4 is 4.90 Å². The first-order valence-electron chi connectivity index (χ1n) is 8.90. The van der Waals surface area contributed by atoms with E-state index in [0.717, 1.165) is 62.8 Å². The van der Waals surface area contributed by atoms with Crippen LogP contribution in [-0.4, -0.2) is 46.6 Å². The first-order chi connectivity index (χ1) is 11.8. The summed E-state index contributed by atoms with van der Waals surface area (Å²) in [4.78, 5) is 11.7. The van der Waals surface area contributed by atoms with E-state index in [9.17, 15) is 0 Å². The van der Waals surface area contributed by atoms with Crippen molar-refractivity contribution in [1.29, 1.82) is 0 Å². The van der Waals surface area contributed by atoms with E-state index in [1.807, 2.05) is 18.3 Å². The first kappa shape index (κ1) is 16.9. The summed E-state index contributed by atoms with van der Waals surface area (Å²) in [6, 6.07) is 6.10. The average molecular weight is 329 g/mol. The molecule has 2 aromatic rings. The Labute approximate surface area is 143 Å². The van der Waals surface area contributed by atoms with Crippen molar-refractivity contribution in [2.75, 3.05) is 31.7 Å². The highest BCUT2D eigenvalue weighted by Crippen LogP contribution is 2.28. The second kappa shape index (κ2) is 8.24. The summed E-state index contributed by atoms with van der Waals surface area (Å²) >= 11 is 0. The van der Waals surface area contributed by atoms with Gasteiger partial charge in [0.05, 0.1) is 6.61 Å². The van der Waals surface area contributed by atoms with Gasteiger partial charge in [-0.15, -0.1) is 0 Å². The second-order valence-corrected chi connectivity index (χ2v) is 6.33. The third-order valence-electron chi connectivity index (χ3n) is 4.47. The van der Waals surface area contributed by atoms with Crippen molar-refractivity contribution in [2.24, 2.45) is 0 Å². The van der Waals surface area contributed by atoms with Crippen molar-refractivity contribution in [3.05, 3.63) is 36.0 Å². The zero-order valence-electron chi connectivity index (χ0n) is 14.7. The molecule has 6 nitrogen and oxygen atoms in total. The van der Waals surface area contributed by atoms with Gasteiger partial charge < -0.3 is 9.64 Å². The van der Waals surface area contributed by atoms with Gasteiger partial charge in [0.25, 0.3) is 0 Å². The largest absolute Gasteiger partial charge is 0.384 e. The average Bonchev–Trinajstić information content (AvgIpc) is 3.04. The molecule has 3 heterocycles. The zero-order chi connectivity index (χ0) is 16.8. The maximum atomic E-state index is 5.17. The molecular formula is C18H27N5O. The predicted octanol–water partition coefficient (Wildman–Crippen LogP) is 2.66. The van der Waals surface area contributed by atoms with Gasteiger partial charge in [0.1, 0.15) is 11.6 Å². The number of pyridine rings is 1. The molecule has 24 heavy (non-hydrogen) atoms. The minimum Gasteiger partial charge on any atom is -0.384 e. The Bertz CT molecular complexity index is 628. The van der Waals surface area contributed by atoms with Gasteiger partial charge in [-0.05, 0) is 31.4 Å². The smallest absolute Gasteiger partial charge is 0.153 e. The monoisotopic (exact) mass is 329 g/mol. The Balaban J connectivity index is 1.78. The third kappa shape index (κ3) is 3.93. The van der Waals surface area contributed by atoms with Crippen LogP contribution in [0.4, 0.5) is 5.82 Å². The van der Waals surface area contributed by atoms with Crippen LogP contribution in [0.3, 0.4) is 0 Å². The maximum Gasteiger partial charge on any atom is 0.153 e. The van der Waals surface area contributed by atoms with Gasteiger partial charge in [0, 0.05) is 45.3 Å². The van der Waals surface area contributed by atoms with E-state index >= 15 is 0 Å². The highest BCUT2D eigenvalue weighted by atomic mass is 16.5. The van der Waals surface area contributed by atoms with Gasteiger partial charge in [0.2, 0.25) is 0 Å². The fraction of sp³-hybridized carbons (Fsp3) is 0.611. The summed E-state index contributed by atoms with van der Waals surface area (Å²) in [5.41, 5.74) is 0. The van der Waals surface area contributed by atoms with Crippen molar-refractivity contribution in [3.8, 4) is 0 Å². The molecule has 1 aliphatic heterocycles. The van der Waals surface area contributed by atoms with E-state index in [0.29, 0.717) is 12.5 Å². The normalized spacial score (nSPS) is 18.1. The molecule has 0 spiro atoms. The fourth-order valence-electron chi connectivity index (χ4n) is 3.32. The minimum atomic E-state index is 0.413. The summed E-state index contributed by atoms with van der Waals surface area (Å²) in [5, 5.41) is 4.70. The maximum absolute atomic E-state index is 5.17. The molecule has 1 saturated heterocycles. The van der Waals surface area contributed by atoms with Crippen molar-refractivity contribution in [2.45, 2.75) is 45.1 Å². The minimum absolute atomic E-state index is 0.413. The molecule has 1 unspecified atom stereocenters. The lowest BCUT2D eigenvalue weighted by Crippen LogP contribution is -2.36. The van der Waals surface area contributed by atoms with E-state index in [4.69, 9.17) is 14.8 Å². The third-order valence-corrected chi connectivity index (χ3v) is 4.47. The number of hydrogen-bond donors (Lipinski definition) is 0. The number of nitrogens with zero attached hydrogens (tertiary/aromatic N) is 5. The van der Waals surface area contributed by atoms with Crippen LogP contribution in [0.5, 0.6) is 0 Å². The molecule has 0 bridgehead atoms. The van der Waals surface area contributed by atoms with Crippen LogP contribution in [0.15, 0.2) is 24.4 Å². The van der Waals surface area contributed by atoms with Crippen LogP contribution in [0.1, 0.15) is 43.8 Å². The summed E-state index contributed by atoms with van der Waals surface area (Å²) in [5.74, 6) is 3.50. The van der Waals surface area contributed by atoms with Gasteiger partial charge in [-0.25, -0.2) is 14.6 Å². The molecule has 130 valence electrons. The molecule has 2 aromatic heterocycles. The van der Waals surface area contributed by atoms with Crippen LogP contribution >= 0.6 is 0 Å². The highest BCUT2D eigenvalue weighted by Gasteiger charge is 2.26. The number of aryl methyl sites for hydroxylation is 1. The molecule has 1 atom stereocenters. The molecule has 0 amide bonds. The Kier molecular flexibility index (Phi) is 5.80. The molecule has 6 heteroatoms. The van der Waals surface area contributed by atoms with E-state index in [1.165, 1.54) is 0 Å². The number of aromatic nitrogens is 4. The lowest BCUT2D eigenvalue weighted by atomic mass is 9.97. The number of rotatable bonds is 7. The van der Waals surface area contributed by atoms with Gasteiger partial charge in [-0.2, -0.15) is 5.10 Å². The lowest BCUT2D eigenvalue weighted by molar-refractivity contribution is 0.200. The first-order valence-corrected chi connectivity index (χ1v) is 8.90. The van der Waals surface area contributed by atoms with Crippen molar-refractivity contribution in [1.82, 2.24) is 19.7 Å². The van der Waals surface area contributed by atoms with E-state index in [2.05, 4.69) is 27.6 Å². The van der Waals surface area contributed by atoms with Crippen LogP contribution in [-0.2, 0) is 17.7 Å². The number of ether oxygens (including phenoxy) is 1. The SMILES string of the molecule is CCCn1nc(CCOC)nc1C1CCCN(c2ccccn2)C1.